The summed E-state index contributed by atoms with van der Waals surface area (Å²) in [6.07, 6.45) is 29.4. The van der Waals surface area contributed by atoms with Gasteiger partial charge < -0.3 is 0 Å². The van der Waals surface area contributed by atoms with E-state index >= 15 is 0 Å². The van der Waals surface area contributed by atoms with Crippen LogP contribution in [0.1, 0.15) is 134 Å². The molecule has 0 aromatic heterocycles. The third kappa shape index (κ3) is 7.22. The standard InChI is InChI=1S/C33H52/c1-3-5-7-9-11-27-14-17-33-25-32(23-22-31(33)24-27)30-20-18-29(19-21-30)28-15-12-26(13-16-28)10-8-6-4-2/h4,6,12-13,15-16,27,29-33H,3,5,7-11,14,17-25H2,1-2H3/b6-4+. The number of hydrogen-bond acceptors (Lipinski definition) is 0. The van der Waals surface area contributed by atoms with Gasteiger partial charge in [0, 0.05) is 0 Å². The van der Waals surface area contributed by atoms with E-state index in [0.717, 1.165) is 35.5 Å². The van der Waals surface area contributed by atoms with Crippen LogP contribution >= 0.6 is 0 Å². The van der Waals surface area contributed by atoms with Gasteiger partial charge in [-0.1, -0.05) is 81.9 Å². The molecule has 3 aliphatic rings. The fourth-order valence-electron chi connectivity index (χ4n) is 7.87. The summed E-state index contributed by atoms with van der Waals surface area (Å²) in [4.78, 5) is 0. The predicted molar refractivity (Wildman–Crippen MR) is 145 cm³/mol. The normalized spacial score (nSPS) is 32.7. The molecule has 0 amide bonds. The summed E-state index contributed by atoms with van der Waals surface area (Å²) in [5.41, 5.74) is 3.11. The van der Waals surface area contributed by atoms with Crippen molar-refractivity contribution in [1.82, 2.24) is 0 Å². The smallest absolute Gasteiger partial charge is 0.0162 e. The summed E-state index contributed by atoms with van der Waals surface area (Å²) in [5, 5.41) is 0. The summed E-state index contributed by atoms with van der Waals surface area (Å²) in [7, 11) is 0. The Kier molecular flexibility index (Phi) is 9.99. The SMILES string of the molecule is C/C=C/CCc1ccc(C2CCC(C3CCC4CC(CCCCCC)CCC4C3)CC2)cc1. The van der Waals surface area contributed by atoms with Crippen molar-refractivity contribution in [2.75, 3.05) is 0 Å². The zero-order chi connectivity index (χ0) is 22.9. The summed E-state index contributed by atoms with van der Waals surface area (Å²) < 4.78 is 0. The van der Waals surface area contributed by atoms with Crippen LogP contribution in [0.5, 0.6) is 0 Å². The second-order valence-corrected chi connectivity index (χ2v) is 12.1. The van der Waals surface area contributed by atoms with E-state index < -0.39 is 0 Å². The van der Waals surface area contributed by atoms with E-state index in [0.29, 0.717) is 0 Å². The van der Waals surface area contributed by atoms with Gasteiger partial charge in [0.15, 0.2) is 0 Å². The maximum atomic E-state index is 2.45. The van der Waals surface area contributed by atoms with Crippen LogP contribution in [0.25, 0.3) is 0 Å². The number of aryl methyl sites for hydroxylation is 1. The number of rotatable bonds is 10. The average Bonchev–Trinajstić information content (AvgIpc) is 2.87. The highest BCUT2D eigenvalue weighted by Crippen LogP contribution is 2.50. The minimum Gasteiger partial charge on any atom is -0.0917 e. The molecule has 3 aliphatic carbocycles. The van der Waals surface area contributed by atoms with Gasteiger partial charge in [-0.25, -0.2) is 0 Å². The molecule has 1 aromatic carbocycles. The minimum absolute atomic E-state index is 0.824. The number of hydrogen-bond donors (Lipinski definition) is 0. The molecule has 184 valence electrons. The van der Waals surface area contributed by atoms with Crippen molar-refractivity contribution in [2.24, 2.45) is 29.6 Å². The van der Waals surface area contributed by atoms with Crippen LogP contribution in [0.15, 0.2) is 36.4 Å². The molecule has 0 saturated heterocycles. The molecule has 33 heavy (non-hydrogen) atoms. The minimum atomic E-state index is 0.824. The molecule has 1 aromatic rings. The Morgan fingerprint density at radius 2 is 1.39 bits per heavy atom. The molecule has 0 N–H and O–H groups in total. The second kappa shape index (κ2) is 13.2. The van der Waals surface area contributed by atoms with E-state index in [2.05, 4.69) is 50.3 Å². The number of unbranched alkanes of at least 4 members (excludes halogenated alkanes) is 3. The first-order valence-corrected chi connectivity index (χ1v) is 15.0. The van der Waals surface area contributed by atoms with Gasteiger partial charge in [-0.05, 0) is 124 Å². The molecule has 0 nitrogen and oxygen atoms in total. The Balaban J connectivity index is 1.18. The quantitative estimate of drug-likeness (QED) is 0.246. The van der Waals surface area contributed by atoms with Crippen molar-refractivity contribution < 1.29 is 0 Å². The fourth-order valence-corrected chi connectivity index (χ4v) is 7.87. The summed E-state index contributed by atoms with van der Waals surface area (Å²) in [6, 6.07) is 9.68. The molecule has 0 aliphatic heterocycles. The van der Waals surface area contributed by atoms with E-state index in [-0.39, 0.29) is 0 Å². The van der Waals surface area contributed by atoms with Crippen molar-refractivity contribution in [3.05, 3.63) is 47.5 Å². The molecule has 0 heterocycles. The molecule has 3 saturated carbocycles. The molecule has 3 fully saturated rings. The van der Waals surface area contributed by atoms with Gasteiger partial charge in [0.2, 0.25) is 0 Å². The van der Waals surface area contributed by atoms with Crippen molar-refractivity contribution >= 4 is 0 Å². The van der Waals surface area contributed by atoms with Crippen LogP contribution in [0.3, 0.4) is 0 Å². The molecule has 4 atom stereocenters. The van der Waals surface area contributed by atoms with Crippen LogP contribution in [-0.2, 0) is 6.42 Å². The van der Waals surface area contributed by atoms with Crippen LogP contribution in [0.4, 0.5) is 0 Å². The zero-order valence-electron chi connectivity index (χ0n) is 21.9. The second-order valence-electron chi connectivity index (χ2n) is 12.1. The van der Waals surface area contributed by atoms with Crippen LogP contribution in [0.2, 0.25) is 0 Å². The van der Waals surface area contributed by atoms with Crippen molar-refractivity contribution in [3.63, 3.8) is 0 Å². The van der Waals surface area contributed by atoms with Gasteiger partial charge in [-0.15, -0.1) is 0 Å². The molecular formula is C33H52. The molecule has 0 radical (unpaired) electrons. The molecular weight excluding hydrogens is 396 g/mol. The van der Waals surface area contributed by atoms with Crippen LogP contribution in [-0.4, -0.2) is 0 Å². The van der Waals surface area contributed by atoms with E-state index in [1.807, 2.05) is 0 Å². The first-order valence-electron chi connectivity index (χ1n) is 15.0. The van der Waals surface area contributed by atoms with E-state index in [1.54, 1.807) is 44.1 Å². The maximum absolute atomic E-state index is 2.45. The lowest BCUT2D eigenvalue weighted by molar-refractivity contribution is 0.0613. The largest absolute Gasteiger partial charge is 0.0917 e. The molecule has 0 heteroatoms. The Labute approximate surface area is 206 Å². The first kappa shape index (κ1) is 25.1. The highest BCUT2D eigenvalue weighted by atomic mass is 14.4. The van der Waals surface area contributed by atoms with Crippen LogP contribution in [0, 0.1) is 29.6 Å². The average molecular weight is 449 g/mol. The molecule has 0 spiro atoms. The fraction of sp³-hybridized carbons (Fsp3) is 0.758. The highest BCUT2D eigenvalue weighted by molar-refractivity contribution is 5.26. The summed E-state index contributed by atoms with van der Waals surface area (Å²) in [5.74, 6) is 6.17. The highest BCUT2D eigenvalue weighted by Gasteiger charge is 2.38. The number of fused-ring (bicyclic) bond motifs is 1. The lowest BCUT2D eigenvalue weighted by atomic mass is 9.60. The first-order chi connectivity index (χ1) is 16.3. The topological polar surface area (TPSA) is 0 Å². The van der Waals surface area contributed by atoms with E-state index in [9.17, 15) is 0 Å². The third-order valence-corrected chi connectivity index (χ3v) is 9.95. The summed E-state index contributed by atoms with van der Waals surface area (Å²) in [6.45, 7) is 4.45. The molecule has 4 unspecified atom stereocenters. The predicted octanol–water partition coefficient (Wildman–Crippen LogP) is 10.3. The van der Waals surface area contributed by atoms with Gasteiger partial charge in [0.1, 0.15) is 0 Å². The third-order valence-electron chi connectivity index (χ3n) is 9.95. The van der Waals surface area contributed by atoms with E-state index in [1.165, 1.54) is 76.2 Å². The Morgan fingerprint density at radius 1 is 0.727 bits per heavy atom. The maximum Gasteiger partial charge on any atom is -0.0162 e. The van der Waals surface area contributed by atoms with Gasteiger partial charge in [-0.3, -0.25) is 0 Å². The van der Waals surface area contributed by atoms with Crippen molar-refractivity contribution in [2.45, 2.75) is 129 Å². The van der Waals surface area contributed by atoms with Gasteiger partial charge in [-0.2, -0.15) is 0 Å². The van der Waals surface area contributed by atoms with Gasteiger partial charge in [0.25, 0.3) is 0 Å². The Hall–Kier alpha value is -1.04. The summed E-state index contributed by atoms with van der Waals surface area (Å²) >= 11 is 0. The number of allylic oxidation sites excluding steroid dienone is 2. The molecule has 0 bridgehead atoms. The Bertz CT molecular complexity index is 689. The van der Waals surface area contributed by atoms with Gasteiger partial charge >= 0.3 is 0 Å². The van der Waals surface area contributed by atoms with Gasteiger partial charge in [0.05, 0.1) is 0 Å². The lowest BCUT2D eigenvalue weighted by Gasteiger charge is -2.45. The lowest BCUT2D eigenvalue weighted by Crippen LogP contribution is -2.34. The van der Waals surface area contributed by atoms with Crippen LogP contribution < -0.4 is 0 Å². The monoisotopic (exact) mass is 448 g/mol. The Morgan fingerprint density at radius 3 is 2.12 bits per heavy atom. The van der Waals surface area contributed by atoms with Crippen molar-refractivity contribution in [1.29, 1.82) is 0 Å². The number of benzene rings is 1. The molecule has 4 rings (SSSR count). The van der Waals surface area contributed by atoms with E-state index in [4.69, 9.17) is 0 Å². The van der Waals surface area contributed by atoms with Crippen molar-refractivity contribution in [3.8, 4) is 0 Å². The zero-order valence-corrected chi connectivity index (χ0v) is 21.9.